The number of benzene rings is 1. The van der Waals surface area contributed by atoms with Gasteiger partial charge >= 0.3 is 0 Å². The second kappa shape index (κ2) is 4.14. The standard InChI is InChI=1S/C13H10N2OS/c16-13-11-4-2-1-3-10(11)12(14-15-13)7-9-5-6-17-8-9/h1-6,8H,7H2,(H,15,16). The topological polar surface area (TPSA) is 45.8 Å². The van der Waals surface area contributed by atoms with Crippen molar-refractivity contribution in [1.82, 2.24) is 10.2 Å². The van der Waals surface area contributed by atoms with Crippen molar-refractivity contribution < 1.29 is 0 Å². The number of H-pyrrole nitrogens is 1. The summed E-state index contributed by atoms with van der Waals surface area (Å²) in [7, 11) is 0. The van der Waals surface area contributed by atoms with Crippen molar-refractivity contribution in [3.63, 3.8) is 0 Å². The molecule has 4 heteroatoms. The molecule has 0 spiro atoms. The highest BCUT2D eigenvalue weighted by molar-refractivity contribution is 7.07. The average molecular weight is 242 g/mol. The summed E-state index contributed by atoms with van der Waals surface area (Å²) in [6, 6.07) is 9.64. The van der Waals surface area contributed by atoms with E-state index in [0.29, 0.717) is 5.39 Å². The predicted molar refractivity (Wildman–Crippen MR) is 69.5 cm³/mol. The Morgan fingerprint density at radius 3 is 2.76 bits per heavy atom. The number of hydrogen-bond acceptors (Lipinski definition) is 3. The van der Waals surface area contributed by atoms with Gasteiger partial charge in [-0.25, -0.2) is 5.10 Å². The van der Waals surface area contributed by atoms with E-state index in [2.05, 4.69) is 21.6 Å². The second-order valence-corrected chi connectivity index (χ2v) is 4.63. The van der Waals surface area contributed by atoms with Crippen LogP contribution in [0.1, 0.15) is 11.3 Å². The predicted octanol–water partition coefficient (Wildman–Crippen LogP) is 2.58. The lowest BCUT2D eigenvalue weighted by Gasteiger charge is -2.03. The van der Waals surface area contributed by atoms with Crippen LogP contribution in [0.4, 0.5) is 0 Å². The first-order valence-electron chi connectivity index (χ1n) is 5.32. The fraction of sp³-hybridized carbons (Fsp3) is 0.0769. The van der Waals surface area contributed by atoms with Gasteiger partial charge in [0.05, 0.1) is 11.1 Å². The normalized spacial score (nSPS) is 10.8. The Bertz CT molecular complexity index is 701. The summed E-state index contributed by atoms with van der Waals surface area (Å²) in [6.07, 6.45) is 0.751. The van der Waals surface area contributed by atoms with Gasteiger partial charge in [0.25, 0.3) is 5.56 Å². The molecule has 0 unspecified atom stereocenters. The van der Waals surface area contributed by atoms with Gasteiger partial charge < -0.3 is 0 Å². The second-order valence-electron chi connectivity index (χ2n) is 3.85. The Kier molecular flexibility index (Phi) is 2.49. The maximum Gasteiger partial charge on any atom is 0.272 e. The van der Waals surface area contributed by atoms with E-state index < -0.39 is 0 Å². The molecule has 17 heavy (non-hydrogen) atoms. The van der Waals surface area contributed by atoms with Gasteiger partial charge in [-0.05, 0) is 28.5 Å². The summed E-state index contributed by atoms with van der Waals surface area (Å²) in [5.41, 5.74) is 2.01. The molecule has 0 aliphatic carbocycles. The lowest BCUT2D eigenvalue weighted by molar-refractivity contribution is 0.936. The molecular weight excluding hydrogens is 232 g/mol. The van der Waals surface area contributed by atoms with Gasteiger partial charge in [0.1, 0.15) is 0 Å². The molecule has 2 heterocycles. The summed E-state index contributed by atoms with van der Waals surface area (Å²) in [4.78, 5) is 11.6. The molecule has 3 aromatic rings. The number of aromatic nitrogens is 2. The maximum absolute atomic E-state index is 11.6. The van der Waals surface area contributed by atoms with Crippen LogP contribution in [-0.4, -0.2) is 10.2 Å². The van der Waals surface area contributed by atoms with E-state index in [1.54, 1.807) is 11.3 Å². The first-order valence-corrected chi connectivity index (χ1v) is 6.26. The molecule has 0 aliphatic heterocycles. The molecule has 0 saturated heterocycles. The Morgan fingerprint density at radius 2 is 2.00 bits per heavy atom. The third kappa shape index (κ3) is 1.87. The van der Waals surface area contributed by atoms with Gasteiger partial charge in [-0.1, -0.05) is 18.2 Å². The van der Waals surface area contributed by atoms with Crippen LogP contribution >= 0.6 is 11.3 Å². The fourth-order valence-electron chi connectivity index (χ4n) is 1.89. The summed E-state index contributed by atoms with van der Waals surface area (Å²) < 4.78 is 0. The van der Waals surface area contributed by atoms with Crippen LogP contribution in [0.2, 0.25) is 0 Å². The fourth-order valence-corrected chi connectivity index (χ4v) is 2.56. The zero-order valence-corrected chi connectivity index (χ0v) is 9.83. The minimum Gasteiger partial charge on any atom is -0.267 e. The molecule has 0 bridgehead atoms. The lowest BCUT2D eigenvalue weighted by Crippen LogP contribution is -2.11. The Balaban J connectivity index is 2.17. The van der Waals surface area contributed by atoms with Gasteiger partial charge in [0.2, 0.25) is 0 Å². The number of aromatic amines is 1. The van der Waals surface area contributed by atoms with Gasteiger partial charge in [0.15, 0.2) is 0 Å². The van der Waals surface area contributed by atoms with Crippen molar-refractivity contribution in [2.24, 2.45) is 0 Å². The summed E-state index contributed by atoms with van der Waals surface area (Å²) >= 11 is 1.67. The molecule has 0 radical (unpaired) electrons. The summed E-state index contributed by atoms with van der Waals surface area (Å²) in [5, 5.41) is 12.5. The van der Waals surface area contributed by atoms with E-state index in [-0.39, 0.29) is 5.56 Å². The smallest absolute Gasteiger partial charge is 0.267 e. The summed E-state index contributed by atoms with van der Waals surface area (Å²) in [6.45, 7) is 0. The highest BCUT2D eigenvalue weighted by Crippen LogP contribution is 2.17. The van der Waals surface area contributed by atoms with Crippen molar-refractivity contribution in [3.8, 4) is 0 Å². The first-order chi connectivity index (χ1) is 8.34. The molecule has 0 atom stereocenters. The zero-order valence-electron chi connectivity index (χ0n) is 9.01. The van der Waals surface area contributed by atoms with Crippen LogP contribution < -0.4 is 5.56 Å². The van der Waals surface area contributed by atoms with Gasteiger partial charge in [-0.3, -0.25) is 4.79 Å². The molecule has 84 valence electrons. The highest BCUT2D eigenvalue weighted by atomic mass is 32.1. The third-order valence-electron chi connectivity index (χ3n) is 2.73. The molecular formula is C13H10N2OS. The number of rotatable bonds is 2. The molecule has 1 N–H and O–H groups in total. The molecule has 0 aliphatic rings. The summed E-state index contributed by atoms with van der Waals surface area (Å²) in [5.74, 6) is 0. The zero-order chi connectivity index (χ0) is 11.7. The minimum atomic E-state index is -0.130. The number of hydrogen-bond donors (Lipinski definition) is 1. The van der Waals surface area contributed by atoms with Crippen LogP contribution in [0, 0.1) is 0 Å². The van der Waals surface area contributed by atoms with E-state index in [4.69, 9.17) is 0 Å². The van der Waals surface area contributed by atoms with Crippen LogP contribution in [0.15, 0.2) is 45.9 Å². The van der Waals surface area contributed by atoms with Crippen LogP contribution in [0.25, 0.3) is 10.8 Å². The Labute approximate surface area is 102 Å². The lowest BCUT2D eigenvalue weighted by atomic mass is 10.1. The van der Waals surface area contributed by atoms with Crippen LogP contribution in [0.3, 0.4) is 0 Å². The Hall–Kier alpha value is -1.94. The van der Waals surface area contributed by atoms with E-state index in [9.17, 15) is 4.79 Å². The monoisotopic (exact) mass is 242 g/mol. The van der Waals surface area contributed by atoms with Crippen molar-refractivity contribution in [2.75, 3.05) is 0 Å². The van der Waals surface area contributed by atoms with Crippen molar-refractivity contribution >= 4 is 22.1 Å². The quantitative estimate of drug-likeness (QED) is 0.750. The molecule has 2 aromatic heterocycles. The van der Waals surface area contributed by atoms with Gasteiger partial charge in [-0.2, -0.15) is 16.4 Å². The van der Waals surface area contributed by atoms with Crippen LogP contribution in [-0.2, 0) is 6.42 Å². The number of nitrogens with one attached hydrogen (secondary N) is 1. The van der Waals surface area contributed by atoms with Crippen LogP contribution in [0.5, 0.6) is 0 Å². The van der Waals surface area contributed by atoms with Crippen molar-refractivity contribution in [1.29, 1.82) is 0 Å². The first kappa shape index (κ1) is 10.2. The van der Waals surface area contributed by atoms with E-state index in [1.165, 1.54) is 5.56 Å². The molecule has 0 amide bonds. The van der Waals surface area contributed by atoms with E-state index >= 15 is 0 Å². The molecule has 0 saturated carbocycles. The number of nitrogens with zero attached hydrogens (tertiary/aromatic N) is 1. The van der Waals surface area contributed by atoms with Gasteiger partial charge in [-0.15, -0.1) is 0 Å². The SMILES string of the molecule is O=c1[nH]nc(Cc2ccsc2)c2ccccc12. The highest BCUT2D eigenvalue weighted by Gasteiger charge is 2.06. The average Bonchev–Trinajstić information content (AvgIpc) is 2.86. The van der Waals surface area contributed by atoms with Crippen molar-refractivity contribution in [3.05, 3.63) is 62.7 Å². The minimum absolute atomic E-state index is 0.130. The molecule has 3 rings (SSSR count). The molecule has 1 aromatic carbocycles. The number of thiophene rings is 1. The largest absolute Gasteiger partial charge is 0.272 e. The van der Waals surface area contributed by atoms with Gasteiger partial charge in [0, 0.05) is 11.8 Å². The van der Waals surface area contributed by atoms with E-state index in [0.717, 1.165) is 17.5 Å². The number of fused-ring (bicyclic) bond motifs is 1. The van der Waals surface area contributed by atoms with Crippen molar-refractivity contribution in [2.45, 2.75) is 6.42 Å². The van der Waals surface area contributed by atoms with E-state index in [1.807, 2.05) is 29.6 Å². The Morgan fingerprint density at radius 1 is 1.18 bits per heavy atom. The molecule has 3 nitrogen and oxygen atoms in total. The molecule has 0 fully saturated rings. The maximum atomic E-state index is 11.6. The third-order valence-corrected chi connectivity index (χ3v) is 3.46.